The Morgan fingerprint density at radius 2 is 1.90 bits per heavy atom. The first-order valence-electron chi connectivity index (χ1n) is 9.23. The number of nitrogens with one attached hydrogen (secondary N) is 1. The van der Waals surface area contributed by atoms with Gasteiger partial charge < -0.3 is 19.0 Å². The molecular formula is C23H22N4O2. The molecule has 29 heavy (non-hydrogen) atoms. The number of ether oxygens (including phenoxy) is 2. The number of hydrogen-bond donors (Lipinski definition) is 1. The molecule has 4 aromatic rings. The van der Waals surface area contributed by atoms with Crippen molar-refractivity contribution in [2.45, 2.75) is 6.92 Å². The molecule has 6 nitrogen and oxygen atoms in total. The molecule has 0 bridgehead atoms. The van der Waals surface area contributed by atoms with Crippen LogP contribution in [0.1, 0.15) is 17.1 Å². The average Bonchev–Trinajstić information content (AvgIpc) is 3.41. The summed E-state index contributed by atoms with van der Waals surface area (Å²) in [5.74, 6) is 2.37. The highest BCUT2D eigenvalue weighted by atomic mass is 16.5. The zero-order chi connectivity index (χ0) is 20.2. The molecule has 146 valence electrons. The van der Waals surface area contributed by atoms with E-state index in [1.54, 1.807) is 20.5 Å². The molecule has 0 aliphatic heterocycles. The summed E-state index contributed by atoms with van der Waals surface area (Å²) in [6.45, 7) is 1.96. The fourth-order valence-electron chi connectivity index (χ4n) is 3.10. The Kier molecular flexibility index (Phi) is 5.16. The van der Waals surface area contributed by atoms with Gasteiger partial charge in [0.1, 0.15) is 17.3 Å². The quantitative estimate of drug-likeness (QED) is 0.519. The normalized spacial score (nSPS) is 11.1. The van der Waals surface area contributed by atoms with Crippen LogP contribution in [0.2, 0.25) is 0 Å². The number of imidazole rings is 2. The number of hydrogen-bond acceptors (Lipinski definition) is 4. The summed E-state index contributed by atoms with van der Waals surface area (Å²) < 4.78 is 12.8. The van der Waals surface area contributed by atoms with Gasteiger partial charge in [-0.2, -0.15) is 0 Å². The van der Waals surface area contributed by atoms with Gasteiger partial charge in [0.15, 0.2) is 0 Å². The van der Waals surface area contributed by atoms with Crippen molar-refractivity contribution in [3.63, 3.8) is 0 Å². The topological polar surface area (TPSA) is 65.0 Å². The van der Waals surface area contributed by atoms with E-state index in [0.717, 1.165) is 45.5 Å². The lowest BCUT2D eigenvalue weighted by Crippen LogP contribution is -1.95. The minimum absolute atomic E-state index is 0.774. The molecule has 2 aromatic carbocycles. The lowest BCUT2D eigenvalue weighted by atomic mass is 10.1. The molecule has 4 rings (SSSR count). The second-order valence-corrected chi connectivity index (χ2v) is 6.60. The first-order chi connectivity index (χ1) is 14.2. The van der Waals surface area contributed by atoms with Crippen LogP contribution in [0.5, 0.6) is 11.5 Å². The van der Waals surface area contributed by atoms with E-state index in [2.05, 4.69) is 15.0 Å². The van der Waals surface area contributed by atoms with Gasteiger partial charge in [-0.3, -0.25) is 0 Å². The van der Waals surface area contributed by atoms with Crippen LogP contribution >= 0.6 is 0 Å². The van der Waals surface area contributed by atoms with Crippen molar-refractivity contribution in [2.75, 3.05) is 14.2 Å². The molecule has 0 saturated heterocycles. The van der Waals surface area contributed by atoms with Gasteiger partial charge in [0.05, 0.1) is 43.8 Å². The predicted molar refractivity (Wildman–Crippen MR) is 114 cm³/mol. The van der Waals surface area contributed by atoms with Gasteiger partial charge in [0, 0.05) is 11.8 Å². The Morgan fingerprint density at radius 1 is 1.00 bits per heavy atom. The minimum Gasteiger partial charge on any atom is -0.497 e. The lowest BCUT2D eigenvalue weighted by Gasteiger charge is -2.09. The Hall–Kier alpha value is -3.80. The monoisotopic (exact) mass is 386 g/mol. The summed E-state index contributed by atoms with van der Waals surface area (Å²) in [7, 11) is 3.33. The van der Waals surface area contributed by atoms with Crippen LogP contribution in [0, 0.1) is 6.92 Å². The third kappa shape index (κ3) is 4.06. The Balaban J connectivity index is 1.55. The van der Waals surface area contributed by atoms with Crippen LogP contribution in [0.4, 0.5) is 0 Å². The molecular weight excluding hydrogens is 364 g/mol. The molecule has 0 saturated carbocycles. The minimum atomic E-state index is 0.774. The van der Waals surface area contributed by atoms with Crippen LogP contribution < -0.4 is 9.47 Å². The highest BCUT2D eigenvalue weighted by molar-refractivity contribution is 5.70. The first-order valence-corrected chi connectivity index (χ1v) is 9.23. The Bertz CT molecular complexity index is 1160. The number of aromatic nitrogens is 4. The third-order valence-corrected chi connectivity index (χ3v) is 4.60. The Labute approximate surface area is 169 Å². The van der Waals surface area contributed by atoms with Gasteiger partial charge in [-0.05, 0) is 42.8 Å². The van der Waals surface area contributed by atoms with Gasteiger partial charge in [-0.25, -0.2) is 9.97 Å². The van der Waals surface area contributed by atoms with E-state index in [9.17, 15) is 0 Å². The van der Waals surface area contributed by atoms with E-state index in [1.165, 1.54) is 0 Å². The van der Waals surface area contributed by atoms with Crippen molar-refractivity contribution in [3.8, 4) is 28.4 Å². The zero-order valence-corrected chi connectivity index (χ0v) is 16.6. The lowest BCUT2D eigenvalue weighted by molar-refractivity contribution is 0.413. The summed E-state index contributed by atoms with van der Waals surface area (Å²) in [5, 5.41) is 0. The van der Waals surface area contributed by atoms with Crippen LogP contribution in [0.15, 0.2) is 61.2 Å². The van der Waals surface area contributed by atoms with E-state index in [0.29, 0.717) is 0 Å². The molecule has 0 aliphatic rings. The fourth-order valence-corrected chi connectivity index (χ4v) is 3.10. The predicted octanol–water partition coefficient (Wildman–Crippen LogP) is 4.76. The second kappa shape index (κ2) is 8.06. The van der Waals surface area contributed by atoms with Crippen molar-refractivity contribution >= 4 is 12.2 Å². The van der Waals surface area contributed by atoms with Crippen molar-refractivity contribution < 1.29 is 9.47 Å². The summed E-state index contributed by atoms with van der Waals surface area (Å²) in [5.41, 5.74) is 4.89. The van der Waals surface area contributed by atoms with Gasteiger partial charge in [-0.15, -0.1) is 0 Å². The molecule has 1 N–H and O–H groups in total. The van der Waals surface area contributed by atoms with Gasteiger partial charge >= 0.3 is 0 Å². The number of rotatable bonds is 6. The fraction of sp³-hybridized carbons (Fsp3) is 0.130. The number of aromatic amines is 1. The molecule has 0 fully saturated rings. The molecule has 0 spiro atoms. The summed E-state index contributed by atoms with van der Waals surface area (Å²) in [6, 6.07) is 13.9. The van der Waals surface area contributed by atoms with Gasteiger partial charge in [0.2, 0.25) is 0 Å². The van der Waals surface area contributed by atoms with Crippen molar-refractivity contribution in [1.82, 2.24) is 19.5 Å². The van der Waals surface area contributed by atoms with Crippen LogP contribution in [-0.4, -0.2) is 33.7 Å². The number of aryl methyl sites for hydroxylation is 1. The molecule has 0 atom stereocenters. The SMILES string of the molecule is COc1cccc(-c2cnc(C=Cc3ccc(-n4cnc(C)c4)c(OC)c3)[nH]2)c1. The number of nitrogens with zero attached hydrogens (tertiary/aromatic N) is 3. The summed E-state index contributed by atoms with van der Waals surface area (Å²) >= 11 is 0. The van der Waals surface area contributed by atoms with Crippen molar-refractivity contribution in [1.29, 1.82) is 0 Å². The molecule has 6 heteroatoms. The largest absolute Gasteiger partial charge is 0.497 e. The molecule has 0 radical (unpaired) electrons. The second-order valence-electron chi connectivity index (χ2n) is 6.60. The molecule has 0 unspecified atom stereocenters. The maximum Gasteiger partial charge on any atom is 0.143 e. The van der Waals surface area contributed by atoms with Crippen LogP contribution in [0.25, 0.3) is 29.1 Å². The van der Waals surface area contributed by atoms with Crippen molar-refractivity contribution in [2.24, 2.45) is 0 Å². The maximum atomic E-state index is 5.57. The molecule has 2 aromatic heterocycles. The standard InChI is InChI=1S/C23H22N4O2/c1-16-14-27(15-25-16)21-9-7-17(11-22(21)29-3)8-10-23-24-13-20(26-23)18-5-4-6-19(12-18)28-2/h4-15H,1-3H3,(H,24,26). The summed E-state index contributed by atoms with van der Waals surface area (Å²) in [6.07, 6.45) is 9.51. The van der Waals surface area contributed by atoms with Gasteiger partial charge in [0.25, 0.3) is 0 Å². The first kappa shape index (κ1) is 18.6. The number of H-pyrrole nitrogens is 1. The summed E-state index contributed by atoms with van der Waals surface area (Å²) in [4.78, 5) is 12.0. The number of methoxy groups -OCH3 is 2. The van der Waals surface area contributed by atoms with Crippen LogP contribution in [0.3, 0.4) is 0 Å². The molecule has 0 amide bonds. The van der Waals surface area contributed by atoms with Gasteiger partial charge in [-0.1, -0.05) is 24.3 Å². The number of benzene rings is 2. The van der Waals surface area contributed by atoms with E-state index in [4.69, 9.17) is 9.47 Å². The van der Waals surface area contributed by atoms with E-state index in [1.807, 2.05) is 78.5 Å². The van der Waals surface area contributed by atoms with Crippen molar-refractivity contribution in [3.05, 3.63) is 78.3 Å². The van der Waals surface area contributed by atoms with Crippen LogP contribution in [-0.2, 0) is 0 Å². The van der Waals surface area contributed by atoms with E-state index < -0.39 is 0 Å². The third-order valence-electron chi connectivity index (χ3n) is 4.60. The maximum absolute atomic E-state index is 5.57. The molecule has 0 aliphatic carbocycles. The highest BCUT2D eigenvalue weighted by Gasteiger charge is 2.07. The van der Waals surface area contributed by atoms with E-state index in [-0.39, 0.29) is 0 Å². The average molecular weight is 386 g/mol. The smallest absolute Gasteiger partial charge is 0.143 e. The van der Waals surface area contributed by atoms with E-state index >= 15 is 0 Å². The highest BCUT2D eigenvalue weighted by Crippen LogP contribution is 2.26. The zero-order valence-electron chi connectivity index (χ0n) is 16.6. The molecule has 2 heterocycles. The Morgan fingerprint density at radius 3 is 2.66 bits per heavy atom.